The molecule has 0 radical (unpaired) electrons. The molecule has 5 nitrogen and oxygen atoms in total. The molecule has 1 aromatic carbocycles. The van der Waals surface area contributed by atoms with Crippen LogP contribution in [0.25, 0.3) is 10.2 Å². The average Bonchev–Trinajstić information content (AvgIpc) is 2.93. The maximum atomic E-state index is 4.61. The Balaban J connectivity index is 1.95. The van der Waals surface area contributed by atoms with E-state index < -0.39 is 0 Å². The standard InChI is InChI=1S/C13H15N5S/c1-13(2,3)12-15-16-17-18(12)8-11-14-9-6-4-5-7-10(9)19-11/h4-7H,8H2,1-3H3. The van der Waals surface area contributed by atoms with Gasteiger partial charge < -0.3 is 0 Å². The minimum absolute atomic E-state index is 0.0693. The first-order chi connectivity index (χ1) is 9.04. The van der Waals surface area contributed by atoms with Crippen LogP contribution in [-0.2, 0) is 12.0 Å². The largest absolute Gasteiger partial charge is 0.239 e. The number of rotatable bonds is 2. The van der Waals surface area contributed by atoms with Crippen molar-refractivity contribution in [3.05, 3.63) is 35.1 Å². The lowest BCUT2D eigenvalue weighted by molar-refractivity contribution is 0.490. The number of thiazole rings is 1. The Hall–Kier alpha value is -1.82. The summed E-state index contributed by atoms with van der Waals surface area (Å²) in [5, 5.41) is 13.0. The predicted octanol–water partition coefficient (Wildman–Crippen LogP) is 2.63. The zero-order valence-corrected chi connectivity index (χ0v) is 12.0. The van der Waals surface area contributed by atoms with Crippen molar-refractivity contribution in [2.45, 2.75) is 32.7 Å². The molecule has 0 bridgehead atoms. The third-order valence-electron chi connectivity index (χ3n) is 2.83. The maximum absolute atomic E-state index is 4.61. The van der Waals surface area contributed by atoms with E-state index in [2.05, 4.69) is 47.3 Å². The minimum Gasteiger partial charge on any atom is -0.239 e. The molecule has 0 saturated carbocycles. The Kier molecular flexibility index (Phi) is 2.82. The molecule has 0 aliphatic rings. The van der Waals surface area contributed by atoms with Crippen LogP contribution >= 0.6 is 11.3 Å². The van der Waals surface area contributed by atoms with E-state index in [0.717, 1.165) is 16.3 Å². The highest BCUT2D eigenvalue weighted by molar-refractivity contribution is 7.18. The maximum Gasteiger partial charge on any atom is 0.157 e. The second-order valence-electron chi connectivity index (χ2n) is 5.49. The molecular formula is C13H15N5S. The second kappa shape index (κ2) is 4.38. The molecule has 0 atom stereocenters. The van der Waals surface area contributed by atoms with Gasteiger partial charge in [0.25, 0.3) is 0 Å². The Morgan fingerprint density at radius 1 is 1.21 bits per heavy atom. The number of fused-ring (bicyclic) bond motifs is 1. The number of benzene rings is 1. The van der Waals surface area contributed by atoms with E-state index in [0.29, 0.717) is 6.54 Å². The number of nitrogens with zero attached hydrogens (tertiary/aromatic N) is 5. The summed E-state index contributed by atoms with van der Waals surface area (Å²) in [6, 6.07) is 8.14. The van der Waals surface area contributed by atoms with Crippen molar-refractivity contribution in [3.8, 4) is 0 Å². The van der Waals surface area contributed by atoms with Crippen LogP contribution in [0.1, 0.15) is 31.6 Å². The molecule has 0 fully saturated rings. The summed E-state index contributed by atoms with van der Waals surface area (Å²) in [5.41, 5.74) is 0.966. The number of aromatic nitrogens is 5. The fourth-order valence-corrected chi connectivity index (χ4v) is 2.91. The highest BCUT2D eigenvalue weighted by atomic mass is 32.1. The lowest BCUT2D eigenvalue weighted by Crippen LogP contribution is -2.20. The summed E-state index contributed by atoms with van der Waals surface area (Å²) in [5.74, 6) is 0.881. The summed E-state index contributed by atoms with van der Waals surface area (Å²) in [4.78, 5) is 4.61. The smallest absolute Gasteiger partial charge is 0.157 e. The quantitative estimate of drug-likeness (QED) is 0.720. The van der Waals surface area contributed by atoms with Crippen LogP contribution in [0, 0.1) is 0 Å². The van der Waals surface area contributed by atoms with E-state index in [1.807, 2.05) is 22.9 Å². The summed E-state index contributed by atoms with van der Waals surface area (Å²) >= 11 is 1.69. The van der Waals surface area contributed by atoms with E-state index in [1.54, 1.807) is 11.3 Å². The SMILES string of the molecule is CC(C)(C)c1nnnn1Cc1nc2ccccc2s1. The molecule has 0 amide bonds. The highest BCUT2D eigenvalue weighted by Crippen LogP contribution is 2.24. The van der Waals surface area contributed by atoms with Crippen molar-refractivity contribution in [1.82, 2.24) is 25.2 Å². The Bertz CT molecular complexity index is 674. The van der Waals surface area contributed by atoms with Crippen molar-refractivity contribution >= 4 is 21.6 Å². The fraction of sp³-hybridized carbons (Fsp3) is 0.385. The van der Waals surface area contributed by atoms with Crippen molar-refractivity contribution in [2.24, 2.45) is 0 Å². The molecule has 3 aromatic rings. The van der Waals surface area contributed by atoms with E-state index in [1.165, 1.54) is 4.70 Å². The molecular weight excluding hydrogens is 258 g/mol. The van der Waals surface area contributed by atoms with Crippen LogP contribution in [0.2, 0.25) is 0 Å². The molecule has 98 valence electrons. The zero-order valence-electron chi connectivity index (χ0n) is 11.2. The van der Waals surface area contributed by atoms with Gasteiger partial charge in [0.1, 0.15) is 5.01 Å². The van der Waals surface area contributed by atoms with Gasteiger partial charge in [0.2, 0.25) is 0 Å². The van der Waals surface area contributed by atoms with E-state index in [4.69, 9.17) is 0 Å². The van der Waals surface area contributed by atoms with Gasteiger partial charge in [-0.1, -0.05) is 32.9 Å². The molecule has 3 rings (SSSR count). The van der Waals surface area contributed by atoms with Gasteiger partial charge in [-0.15, -0.1) is 16.4 Å². The third-order valence-corrected chi connectivity index (χ3v) is 3.85. The second-order valence-corrected chi connectivity index (χ2v) is 6.60. The zero-order chi connectivity index (χ0) is 13.5. The molecule has 0 aliphatic carbocycles. The number of para-hydroxylation sites is 1. The Morgan fingerprint density at radius 2 is 2.00 bits per heavy atom. The van der Waals surface area contributed by atoms with Crippen LogP contribution in [0.15, 0.2) is 24.3 Å². The average molecular weight is 273 g/mol. The Labute approximate surface area is 115 Å². The molecule has 0 spiro atoms. The van der Waals surface area contributed by atoms with Crippen molar-refractivity contribution in [3.63, 3.8) is 0 Å². The molecule has 0 unspecified atom stereocenters. The van der Waals surface area contributed by atoms with E-state index >= 15 is 0 Å². The molecule has 0 saturated heterocycles. The number of hydrogen-bond acceptors (Lipinski definition) is 5. The van der Waals surface area contributed by atoms with Gasteiger partial charge in [0, 0.05) is 5.41 Å². The minimum atomic E-state index is -0.0693. The van der Waals surface area contributed by atoms with Gasteiger partial charge in [-0.3, -0.25) is 0 Å². The molecule has 0 aliphatic heterocycles. The molecule has 6 heteroatoms. The van der Waals surface area contributed by atoms with Gasteiger partial charge in [-0.25, -0.2) is 9.67 Å². The number of tetrazole rings is 1. The first kappa shape index (κ1) is 12.2. The summed E-state index contributed by atoms with van der Waals surface area (Å²) in [6.45, 7) is 6.94. The predicted molar refractivity (Wildman–Crippen MR) is 75.2 cm³/mol. The van der Waals surface area contributed by atoms with Crippen LogP contribution in [-0.4, -0.2) is 25.2 Å². The molecule has 2 heterocycles. The highest BCUT2D eigenvalue weighted by Gasteiger charge is 2.22. The van der Waals surface area contributed by atoms with Gasteiger partial charge in [0.15, 0.2) is 5.82 Å². The van der Waals surface area contributed by atoms with Crippen LogP contribution in [0.3, 0.4) is 0 Å². The molecule has 2 aromatic heterocycles. The van der Waals surface area contributed by atoms with E-state index in [-0.39, 0.29) is 5.41 Å². The van der Waals surface area contributed by atoms with E-state index in [9.17, 15) is 0 Å². The lowest BCUT2D eigenvalue weighted by atomic mass is 9.96. The summed E-state index contributed by atoms with van der Waals surface area (Å²) in [6.07, 6.45) is 0. The Morgan fingerprint density at radius 3 is 2.74 bits per heavy atom. The summed E-state index contributed by atoms with van der Waals surface area (Å²) in [7, 11) is 0. The van der Waals surface area contributed by atoms with Gasteiger partial charge >= 0.3 is 0 Å². The van der Waals surface area contributed by atoms with Crippen molar-refractivity contribution in [1.29, 1.82) is 0 Å². The fourth-order valence-electron chi connectivity index (χ4n) is 1.96. The van der Waals surface area contributed by atoms with Crippen LogP contribution < -0.4 is 0 Å². The lowest BCUT2D eigenvalue weighted by Gasteiger charge is -2.16. The normalized spacial score (nSPS) is 12.2. The van der Waals surface area contributed by atoms with Crippen LogP contribution in [0.4, 0.5) is 0 Å². The van der Waals surface area contributed by atoms with Crippen molar-refractivity contribution in [2.75, 3.05) is 0 Å². The number of hydrogen-bond donors (Lipinski definition) is 0. The molecule has 19 heavy (non-hydrogen) atoms. The summed E-state index contributed by atoms with van der Waals surface area (Å²) < 4.78 is 3.03. The van der Waals surface area contributed by atoms with Gasteiger partial charge in [0.05, 0.1) is 16.8 Å². The monoisotopic (exact) mass is 273 g/mol. The third kappa shape index (κ3) is 2.35. The van der Waals surface area contributed by atoms with Gasteiger partial charge in [-0.05, 0) is 22.6 Å². The first-order valence-corrected chi connectivity index (χ1v) is 6.97. The van der Waals surface area contributed by atoms with Crippen LogP contribution in [0.5, 0.6) is 0 Å². The van der Waals surface area contributed by atoms with Crippen molar-refractivity contribution < 1.29 is 0 Å². The first-order valence-electron chi connectivity index (χ1n) is 6.15. The topological polar surface area (TPSA) is 56.5 Å². The molecule has 0 N–H and O–H groups in total. The van der Waals surface area contributed by atoms with Gasteiger partial charge in [-0.2, -0.15) is 0 Å².